The molecule has 0 aliphatic rings. The number of carbonyl (C=O) groups excluding carboxylic acids is 1. The average molecular weight is 351 g/mol. The van der Waals surface area contributed by atoms with Crippen LogP contribution in [0.15, 0.2) is 47.2 Å². The molecule has 7 nitrogen and oxygen atoms in total. The largest absolute Gasteiger partial charge is 0.384 e. The lowest BCUT2D eigenvalue weighted by Crippen LogP contribution is -2.15. The second kappa shape index (κ2) is 6.95. The number of aromatic nitrogens is 3. The molecule has 0 bridgehead atoms. The Morgan fingerprint density at radius 1 is 1.15 bits per heavy atom. The zero-order valence-electron chi connectivity index (χ0n) is 15.0. The van der Waals surface area contributed by atoms with E-state index in [1.165, 1.54) is 0 Å². The van der Waals surface area contributed by atoms with Crippen LogP contribution in [0.4, 0.5) is 11.6 Å². The van der Waals surface area contributed by atoms with Crippen LogP contribution in [0.3, 0.4) is 0 Å². The van der Waals surface area contributed by atoms with Crippen LogP contribution in [-0.2, 0) is 16.6 Å². The number of amides is 1. The van der Waals surface area contributed by atoms with Gasteiger partial charge in [0.25, 0.3) is 0 Å². The van der Waals surface area contributed by atoms with E-state index in [2.05, 4.69) is 20.4 Å². The highest BCUT2D eigenvalue weighted by molar-refractivity contribution is 5.91. The van der Waals surface area contributed by atoms with Crippen LogP contribution in [0.25, 0.3) is 11.3 Å². The summed E-state index contributed by atoms with van der Waals surface area (Å²) >= 11 is 0. The first-order valence-corrected chi connectivity index (χ1v) is 8.25. The van der Waals surface area contributed by atoms with Crippen LogP contribution in [-0.4, -0.2) is 21.0 Å². The predicted molar refractivity (Wildman–Crippen MR) is 99.4 cm³/mol. The number of pyridine rings is 2. The van der Waals surface area contributed by atoms with E-state index in [0.29, 0.717) is 11.6 Å². The van der Waals surface area contributed by atoms with Crippen LogP contribution in [0.5, 0.6) is 0 Å². The maximum Gasteiger partial charge on any atom is 0.230 e. The standard InChI is InChI=1S/C19H21N5O2/c1-19(2,3)15-9-17(24-26-15)23-18(25)8-12-4-6-14(21-10-12)13-5-7-16(20)22-11-13/h4-7,9-11H,8H2,1-3H3,(H2,20,22)(H,23,24,25). The van der Waals surface area contributed by atoms with Gasteiger partial charge in [-0.15, -0.1) is 0 Å². The third-order valence-corrected chi connectivity index (χ3v) is 3.79. The Morgan fingerprint density at radius 3 is 2.54 bits per heavy atom. The van der Waals surface area contributed by atoms with Gasteiger partial charge in [-0.3, -0.25) is 9.78 Å². The third-order valence-electron chi connectivity index (χ3n) is 3.79. The second-order valence-electron chi connectivity index (χ2n) is 7.07. The molecular weight excluding hydrogens is 330 g/mol. The maximum atomic E-state index is 12.2. The second-order valence-corrected chi connectivity index (χ2v) is 7.07. The minimum Gasteiger partial charge on any atom is -0.384 e. The van der Waals surface area contributed by atoms with E-state index in [1.807, 2.05) is 39.0 Å². The fourth-order valence-electron chi connectivity index (χ4n) is 2.32. The van der Waals surface area contributed by atoms with Gasteiger partial charge in [0.1, 0.15) is 11.6 Å². The molecule has 0 atom stereocenters. The van der Waals surface area contributed by atoms with Gasteiger partial charge < -0.3 is 15.6 Å². The Morgan fingerprint density at radius 2 is 1.96 bits per heavy atom. The molecule has 0 radical (unpaired) electrons. The Bertz CT molecular complexity index is 893. The maximum absolute atomic E-state index is 12.2. The summed E-state index contributed by atoms with van der Waals surface area (Å²) in [5.41, 5.74) is 7.86. The molecule has 3 aromatic heterocycles. The number of nitrogens with two attached hydrogens (primary N) is 1. The molecule has 1 amide bonds. The number of anilines is 2. The lowest BCUT2D eigenvalue weighted by molar-refractivity contribution is -0.115. The van der Waals surface area contributed by atoms with Crippen LogP contribution >= 0.6 is 0 Å². The number of nitrogens with zero attached hydrogens (tertiary/aromatic N) is 3. The van der Waals surface area contributed by atoms with Crippen molar-refractivity contribution in [2.45, 2.75) is 32.6 Å². The van der Waals surface area contributed by atoms with E-state index in [4.69, 9.17) is 10.3 Å². The fourth-order valence-corrected chi connectivity index (χ4v) is 2.32. The number of nitrogens with one attached hydrogen (secondary N) is 1. The summed E-state index contributed by atoms with van der Waals surface area (Å²) in [5, 5.41) is 6.63. The molecule has 134 valence electrons. The number of hydrogen-bond donors (Lipinski definition) is 2. The Balaban J connectivity index is 1.62. The lowest BCUT2D eigenvalue weighted by Gasteiger charge is -2.12. The SMILES string of the molecule is CC(C)(C)c1cc(NC(=O)Cc2ccc(-c3ccc(N)nc3)nc2)no1. The molecule has 0 spiro atoms. The molecule has 3 aromatic rings. The number of hydrogen-bond acceptors (Lipinski definition) is 6. The monoisotopic (exact) mass is 351 g/mol. The van der Waals surface area contributed by atoms with Gasteiger partial charge in [-0.1, -0.05) is 32.0 Å². The molecule has 0 unspecified atom stereocenters. The van der Waals surface area contributed by atoms with Gasteiger partial charge in [0, 0.05) is 29.4 Å². The lowest BCUT2D eigenvalue weighted by atomic mass is 9.93. The number of rotatable bonds is 4. The van der Waals surface area contributed by atoms with Gasteiger partial charge >= 0.3 is 0 Å². The quantitative estimate of drug-likeness (QED) is 0.747. The first-order chi connectivity index (χ1) is 12.3. The molecule has 0 aromatic carbocycles. The highest BCUT2D eigenvalue weighted by Crippen LogP contribution is 2.24. The summed E-state index contributed by atoms with van der Waals surface area (Å²) in [4.78, 5) is 20.6. The third kappa shape index (κ3) is 4.24. The van der Waals surface area contributed by atoms with Gasteiger partial charge in [-0.05, 0) is 23.8 Å². The normalized spacial score (nSPS) is 11.3. The van der Waals surface area contributed by atoms with Crippen LogP contribution < -0.4 is 11.1 Å². The average Bonchev–Trinajstić information content (AvgIpc) is 3.05. The molecule has 3 heterocycles. The van der Waals surface area contributed by atoms with Crippen LogP contribution in [0.2, 0.25) is 0 Å². The van der Waals surface area contributed by atoms with Crippen molar-refractivity contribution in [1.82, 2.24) is 15.1 Å². The van der Waals surface area contributed by atoms with Crippen molar-refractivity contribution >= 4 is 17.5 Å². The van der Waals surface area contributed by atoms with E-state index < -0.39 is 0 Å². The van der Waals surface area contributed by atoms with E-state index in [-0.39, 0.29) is 17.7 Å². The molecule has 0 saturated carbocycles. The van der Waals surface area contributed by atoms with Crippen LogP contribution in [0, 0.1) is 0 Å². The molecular formula is C19H21N5O2. The summed E-state index contributed by atoms with van der Waals surface area (Å²) in [5.74, 6) is 1.42. The predicted octanol–water partition coefficient (Wildman–Crippen LogP) is 3.19. The number of nitrogen functional groups attached to an aromatic ring is 1. The minimum absolute atomic E-state index is 0.160. The summed E-state index contributed by atoms with van der Waals surface area (Å²) in [6, 6.07) is 9.04. The molecule has 0 aliphatic heterocycles. The van der Waals surface area contributed by atoms with Crippen molar-refractivity contribution in [2.24, 2.45) is 0 Å². The van der Waals surface area contributed by atoms with E-state index in [1.54, 1.807) is 24.5 Å². The highest BCUT2D eigenvalue weighted by Gasteiger charge is 2.20. The van der Waals surface area contributed by atoms with Crippen LogP contribution in [0.1, 0.15) is 32.1 Å². The first-order valence-electron chi connectivity index (χ1n) is 8.25. The fraction of sp³-hybridized carbons (Fsp3) is 0.263. The number of carbonyl (C=O) groups is 1. The first kappa shape index (κ1) is 17.6. The van der Waals surface area contributed by atoms with Gasteiger partial charge in [0.15, 0.2) is 5.82 Å². The summed E-state index contributed by atoms with van der Waals surface area (Å²) in [7, 11) is 0. The summed E-state index contributed by atoms with van der Waals surface area (Å²) in [6.45, 7) is 6.05. The molecule has 0 aliphatic carbocycles. The van der Waals surface area contributed by atoms with E-state index in [0.717, 1.165) is 22.6 Å². The van der Waals surface area contributed by atoms with E-state index in [9.17, 15) is 4.79 Å². The van der Waals surface area contributed by atoms with Crippen molar-refractivity contribution in [1.29, 1.82) is 0 Å². The Hall–Kier alpha value is -3.22. The van der Waals surface area contributed by atoms with Crippen molar-refractivity contribution in [3.8, 4) is 11.3 Å². The van der Waals surface area contributed by atoms with E-state index >= 15 is 0 Å². The minimum atomic E-state index is -0.178. The molecule has 26 heavy (non-hydrogen) atoms. The van der Waals surface area contributed by atoms with Gasteiger partial charge in [0.05, 0.1) is 12.1 Å². The van der Waals surface area contributed by atoms with Gasteiger partial charge in [-0.2, -0.15) is 0 Å². The summed E-state index contributed by atoms with van der Waals surface area (Å²) < 4.78 is 5.26. The Kier molecular flexibility index (Phi) is 4.71. The zero-order chi connectivity index (χ0) is 18.7. The molecule has 0 saturated heterocycles. The van der Waals surface area contributed by atoms with Crippen molar-refractivity contribution in [3.05, 3.63) is 54.0 Å². The topological polar surface area (TPSA) is 107 Å². The molecule has 7 heteroatoms. The zero-order valence-corrected chi connectivity index (χ0v) is 15.0. The van der Waals surface area contributed by atoms with Gasteiger partial charge in [-0.25, -0.2) is 4.98 Å². The molecule has 3 N–H and O–H groups in total. The molecule has 3 rings (SSSR count). The summed E-state index contributed by atoms with van der Waals surface area (Å²) in [6.07, 6.45) is 3.54. The molecule has 0 fully saturated rings. The van der Waals surface area contributed by atoms with Crippen molar-refractivity contribution < 1.29 is 9.32 Å². The smallest absolute Gasteiger partial charge is 0.230 e. The highest BCUT2D eigenvalue weighted by atomic mass is 16.5. The van der Waals surface area contributed by atoms with Gasteiger partial charge in [0.2, 0.25) is 5.91 Å². The van der Waals surface area contributed by atoms with Crippen molar-refractivity contribution in [2.75, 3.05) is 11.1 Å². The van der Waals surface area contributed by atoms with Crippen molar-refractivity contribution in [3.63, 3.8) is 0 Å². The Labute approximate surface area is 151 Å².